The van der Waals surface area contributed by atoms with Gasteiger partial charge in [0.15, 0.2) is 5.82 Å². The molecule has 6 heteroatoms. The smallest absolute Gasteiger partial charge is 0.245 e. The van der Waals surface area contributed by atoms with Crippen molar-refractivity contribution >= 4 is 5.95 Å². The topological polar surface area (TPSA) is 69.7 Å². The summed E-state index contributed by atoms with van der Waals surface area (Å²) in [6, 6.07) is 3.85. The molecule has 18 heavy (non-hydrogen) atoms. The minimum absolute atomic E-state index is 0.783. The zero-order valence-electron chi connectivity index (χ0n) is 10.1. The molecular formula is C12H16N6. The van der Waals surface area contributed by atoms with Gasteiger partial charge in [-0.15, -0.1) is 5.10 Å². The van der Waals surface area contributed by atoms with Gasteiger partial charge in [0.2, 0.25) is 5.95 Å². The minimum Gasteiger partial charge on any atom is -0.338 e. The number of anilines is 1. The number of nitrogens with zero attached hydrogens (tertiary/aromatic N) is 4. The lowest BCUT2D eigenvalue weighted by atomic mass is 10.3. The molecule has 0 saturated carbocycles. The average molecular weight is 244 g/mol. The quantitative estimate of drug-likeness (QED) is 0.812. The SMILES string of the molecule is c1cc(-c2nc(N3CCCNCC3)n[nH]2)ccn1. The Morgan fingerprint density at radius 1 is 1.11 bits per heavy atom. The fourth-order valence-corrected chi connectivity index (χ4v) is 2.08. The molecule has 0 amide bonds. The molecule has 2 aromatic heterocycles. The molecule has 0 bridgehead atoms. The highest BCUT2D eigenvalue weighted by atomic mass is 15.4. The Labute approximate surface area is 105 Å². The summed E-state index contributed by atoms with van der Waals surface area (Å²) in [5.74, 6) is 1.58. The first kappa shape index (κ1) is 11.2. The minimum atomic E-state index is 0.783. The molecular weight excluding hydrogens is 228 g/mol. The van der Waals surface area contributed by atoms with Crippen LogP contribution >= 0.6 is 0 Å². The van der Waals surface area contributed by atoms with Crippen molar-refractivity contribution < 1.29 is 0 Å². The number of rotatable bonds is 2. The lowest BCUT2D eigenvalue weighted by molar-refractivity contribution is 0.724. The maximum atomic E-state index is 4.55. The summed E-state index contributed by atoms with van der Waals surface area (Å²) in [7, 11) is 0. The van der Waals surface area contributed by atoms with Gasteiger partial charge in [-0.3, -0.25) is 10.1 Å². The molecule has 1 fully saturated rings. The summed E-state index contributed by atoms with van der Waals surface area (Å²) in [6.45, 7) is 4.01. The van der Waals surface area contributed by atoms with Crippen molar-refractivity contribution in [2.45, 2.75) is 6.42 Å². The number of aromatic nitrogens is 4. The van der Waals surface area contributed by atoms with Gasteiger partial charge in [-0.25, -0.2) is 0 Å². The van der Waals surface area contributed by atoms with Gasteiger partial charge >= 0.3 is 0 Å². The van der Waals surface area contributed by atoms with Crippen LogP contribution < -0.4 is 10.2 Å². The second-order valence-corrected chi connectivity index (χ2v) is 4.31. The van der Waals surface area contributed by atoms with E-state index in [0.29, 0.717) is 0 Å². The van der Waals surface area contributed by atoms with Crippen LogP contribution in [0.2, 0.25) is 0 Å². The van der Waals surface area contributed by atoms with Crippen LogP contribution in [0.1, 0.15) is 6.42 Å². The molecule has 6 nitrogen and oxygen atoms in total. The van der Waals surface area contributed by atoms with Crippen molar-refractivity contribution in [3.05, 3.63) is 24.5 Å². The van der Waals surface area contributed by atoms with Crippen molar-refractivity contribution in [1.82, 2.24) is 25.5 Å². The Kier molecular flexibility index (Phi) is 3.18. The van der Waals surface area contributed by atoms with Gasteiger partial charge in [0.05, 0.1) is 0 Å². The number of hydrogen-bond acceptors (Lipinski definition) is 5. The Balaban J connectivity index is 1.80. The first-order valence-electron chi connectivity index (χ1n) is 6.22. The van der Waals surface area contributed by atoms with Gasteiger partial charge in [-0.1, -0.05) is 0 Å². The molecule has 0 spiro atoms. The zero-order valence-corrected chi connectivity index (χ0v) is 10.1. The monoisotopic (exact) mass is 244 g/mol. The van der Waals surface area contributed by atoms with E-state index in [1.807, 2.05) is 12.1 Å². The second-order valence-electron chi connectivity index (χ2n) is 4.31. The normalized spacial score (nSPS) is 16.6. The number of pyridine rings is 1. The van der Waals surface area contributed by atoms with Crippen LogP contribution in [0.3, 0.4) is 0 Å². The highest BCUT2D eigenvalue weighted by Gasteiger charge is 2.14. The van der Waals surface area contributed by atoms with Crippen molar-refractivity contribution in [1.29, 1.82) is 0 Å². The Morgan fingerprint density at radius 3 is 2.89 bits per heavy atom. The number of nitrogens with one attached hydrogen (secondary N) is 2. The molecule has 3 heterocycles. The predicted octanol–water partition coefficient (Wildman–Crippen LogP) is 0.666. The highest BCUT2D eigenvalue weighted by Crippen LogP contribution is 2.16. The number of H-pyrrole nitrogens is 1. The lowest BCUT2D eigenvalue weighted by Gasteiger charge is -2.16. The van der Waals surface area contributed by atoms with Gasteiger partial charge < -0.3 is 10.2 Å². The maximum Gasteiger partial charge on any atom is 0.245 e. The van der Waals surface area contributed by atoms with E-state index in [0.717, 1.165) is 49.9 Å². The van der Waals surface area contributed by atoms with E-state index < -0.39 is 0 Å². The van der Waals surface area contributed by atoms with E-state index >= 15 is 0 Å². The van der Waals surface area contributed by atoms with Crippen LogP contribution in [0, 0.1) is 0 Å². The average Bonchev–Trinajstić information content (AvgIpc) is 2.76. The molecule has 0 radical (unpaired) electrons. The first-order chi connectivity index (χ1) is 8.93. The number of hydrogen-bond donors (Lipinski definition) is 2. The molecule has 94 valence electrons. The third-order valence-electron chi connectivity index (χ3n) is 3.05. The van der Waals surface area contributed by atoms with Gasteiger partial charge in [0, 0.05) is 37.6 Å². The molecule has 0 aromatic carbocycles. The summed E-state index contributed by atoms with van der Waals surface area (Å²) in [5.41, 5.74) is 1.01. The molecule has 3 rings (SSSR count). The van der Waals surface area contributed by atoms with Crippen molar-refractivity contribution in [3.8, 4) is 11.4 Å². The van der Waals surface area contributed by atoms with Crippen LogP contribution in [0.4, 0.5) is 5.95 Å². The highest BCUT2D eigenvalue weighted by molar-refractivity contribution is 5.55. The van der Waals surface area contributed by atoms with E-state index in [-0.39, 0.29) is 0 Å². The molecule has 1 aliphatic rings. The predicted molar refractivity (Wildman–Crippen MR) is 69.3 cm³/mol. The summed E-state index contributed by atoms with van der Waals surface area (Å²) in [6.07, 6.45) is 4.64. The Morgan fingerprint density at radius 2 is 2.00 bits per heavy atom. The summed E-state index contributed by atoms with van der Waals surface area (Å²) < 4.78 is 0. The zero-order chi connectivity index (χ0) is 12.2. The van der Waals surface area contributed by atoms with Crippen LogP contribution in [-0.2, 0) is 0 Å². The fraction of sp³-hybridized carbons (Fsp3) is 0.417. The van der Waals surface area contributed by atoms with Crippen LogP contribution in [0.25, 0.3) is 11.4 Å². The van der Waals surface area contributed by atoms with Gasteiger partial charge in [0.1, 0.15) is 0 Å². The summed E-state index contributed by atoms with van der Waals surface area (Å²) in [4.78, 5) is 10.8. The summed E-state index contributed by atoms with van der Waals surface area (Å²) in [5, 5.41) is 10.7. The lowest BCUT2D eigenvalue weighted by Crippen LogP contribution is -2.28. The van der Waals surface area contributed by atoms with E-state index in [1.165, 1.54) is 0 Å². The fourth-order valence-electron chi connectivity index (χ4n) is 2.08. The molecule has 0 aliphatic carbocycles. The van der Waals surface area contributed by atoms with Crippen molar-refractivity contribution in [3.63, 3.8) is 0 Å². The molecule has 2 N–H and O–H groups in total. The summed E-state index contributed by atoms with van der Waals surface area (Å²) >= 11 is 0. The van der Waals surface area contributed by atoms with E-state index in [1.54, 1.807) is 12.4 Å². The van der Waals surface area contributed by atoms with Crippen LogP contribution in [-0.4, -0.2) is 46.3 Å². The van der Waals surface area contributed by atoms with Crippen molar-refractivity contribution in [2.75, 3.05) is 31.1 Å². The van der Waals surface area contributed by atoms with E-state index in [4.69, 9.17) is 0 Å². The Hall–Kier alpha value is -1.95. The van der Waals surface area contributed by atoms with E-state index in [2.05, 4.69) is 30.4 Å². The van der Waals surface area contributed by atoms with Crippen LogP contribution in [0.15, 0.2) is 24.5 Å². The number of aromatic amines is 1. The molecule has 0 atom stereocenters. The Bertz CT molecular complexity index is 486. The van der Waals surface area contributed by atoms with Gasteiger partial charge in [-0.2, -0.15) is 4.98 Å². The second kappa shape index (κ2) is 5.14. The third-order valence-corrected chi connectivity index (χ3v) is 3.05. The largest absolute Gasteiger partial charge is 0.338 e. The van der Waals surface area contributed by atoms with Gasteiger partial charge in [-0.05, 0) is 25.1 Å². The van der Waals surface area contributed by atoms with Crippen molar-refractivity contribution in [2.24, 2.45) is 0 Å². The standard InChI is InChI=1S/C12H16N6/c1-4-13-7-9-18(8-1)12-15-11(16-17-12)10-2-5-14-6-3-10/h2-3,5-6,13H,1,4,7-9H2,(H,15,16,17). The molecule has 2 aromatic rings. The molecule has 1 saturated heterocycles. The maximum absolute atomic E-state index is 4.55. The van der Waals surface area contributed by atoms with Crippen LogP contribution in [0.5, 0.6) is 0 Å². The van der Waals surface area contributed by atoms with E-state index in [9.17, 15) is 0 Å². The third kappa shape index (κ3) is 2.33. The molecule has 1 aliphatic heterocycles. The molecule has 0 unspecified atom stereocenters. The first-order valence-corrected chi connectivity index (χ1v) is 6.22. The van der Waals surface area contributed by atoms with Gasteiger partial charge in [0.25, 0.3) is 0 Å².